The van der Waals surface area contributed by atoms with Gasteiger partial charge in [-0.15, -0.1) is 0 Å². The Bertz CT molecular complexity index is 698. The minimum atomic E-state index is -1.73. The van der Waals surface area contributed by atoms with Gasteiger partial charge in [0.05, 0.1) is 12.8 Å². The fraction of sp³-hybridized carbons (Fsp3) is 0.450. The first-order valence-electron chi connectivity index (χ1n) is 8.56. The number of halogens is 1. The van der Waals surface area contributed by atoms with E-state index in [4.69, 9.17) is 9.16 Å². The minimum absolute atomic E-state index is 0.223. The van der Waals surface area contributed by atoms with E-state index in [0.717, 1.165) is 22.2 Å². The highest BCUT2D eigenvalue weighted by Crippen LogP contribution is 2.37. The molecule has 0 aliphatic carbocycles. The summed E-state index contributed by atoms with van der Waals surface area (Å²) in [5.41, 5.74) is 3.44. The minimum Gasteiger partial charge on any atom is -0.487 e. The molecule has 1 aromatic heterocycles. The first-order chi connectivity index (χ1) is 11.7. The van der Waals surface area contributed by atoms with Gasteiger partial charge in [0.15, 0.2) is 8.32 Å². The van der Waals surface area contributed by atoms with Crippen LogP contribution in [-0.4, -0.2) is 13.3 Å². The second-order valence-electron chi connectivity index (χ2n) is 7.82. The Morgan fingerprint density at radius 3 is 2.32 bits per heavy atom. The first kappa shape index (κ1) is 20.1. The highest BCUT2D eigenvalue weighted by molar-refractivity contribution is 9.08. The van der Waals surface area contributed by atoms with Crippen LogP contribution in [0.3, 0.4) is 0 Å². The Kier molecular flexibility index (Phi) is 6.83. The van der Waals surface area contributed by atoms with E-state index in [9.17, 15) is 0 Å². The van der Waals surface area contributed by atoms with Crippen LogP contribution in [0.25, 0.3) is 0 Å². The molecule has 0 radical (unpaired) electrons. The van der Waals surface area contributed by atoms with Crippen molar-refractivity contribution >= 4 is 24.2 Å². The summed E-state index contributed by atoms with van der Waals surface area (Å²) in [4.78, 5) is 4.19. The Morgan fingerprint density at radius 2 is 1.68 bits per heavy atom. The highest BCUT2D eigenvalue weighted by atomic mass is 79.9. The van der Waals surface area contributed by atoms with Crippen LogP contribution >= 0.6 is 15.9 Å². The van der Waals surface area contributed by atoms with Gasteiger partial charge in [-0.2, -0.15) is 0 Å². The normalized spacial score (nSPS) is 12.2. The number of hydrogen-bond acceptors (Lipinski definition) is 3. The van der Waals surface area contributed by atoms with Crippen molar-refractivity contribution in [3.05, 3.63) is 59.4 Å². The highest BCUT2D eigenvalue weighted by Gasteiger charge is 2.36. The van der Waals surface area contributed by atoms with Gasteiger partial charge in [-0.1, -0.05) is 61.0 Å². The number of alkyl halides is 1. The molecule has 136 valence electrons. The lowest BCUT2D eigenvalue weighted by Gasteiger charge is -2.36. The van der Waals surface area contributed by atoms with Crippen molar-refractivity contribution in [1.29, 1.82) is 0 Å². The summed E-state index contributed by atoms with van der Waals surface area (Å²) in [6.07, 6.45) is 3.58. The van der Waals surface area contributed by atoms with Crippen molar-refractivity contribution < 1.29 is 9.16 Å². The van der Waals surface area contributed by atoms with E-state index < -0.39 is 8.32 Å². The molecule has 3 nitrogen and oxygen atoms in total. The zero-order valence-electron chi connectivity index (χ0n) is 15.8. The molecule has 0 unspecified atom stereocenters. The Morgan fingerprint density at radius 1 is 1.00 bits per heavy atom. The summed E-state index contributed by atoms with van der Waals surface area (Å²) < 4.78 is 12.2. The summed E-state index contributed by atoms with van der Waals surface area (Å²) >= 11 is 3.44. The predicted octanol–water partition coefficient (Wildman–Crippen LogP) is 6.08. The second-order valence-corrected chi connectivity index (χ2v) is 13.2. The van der Waals surface area contributed by atoms with E-state index in [1.54, 1.807) is 6.20 Å². The summed E-state index contributed by atoms with van der Waals surface area (Å²) in [5.74, 6) is 0.792. The van der Waals surface area contributed by atoms with Crippen LogP contribution in [0, 0.1) is 0 Å². The van der Waals surface area contributed by atoms with Crippen molar-refractivity contribution in [2.45, 2.75) is 57.4 Å². The number of benzene rings is 1. The third-order valence-electron chi connectivity index (χ3n) is 4.73. The molecule has 1 aromatic carbocycles. The number of ether oxygens (including phenoxy) is 1. The molecular weight excluding hydrogens is 394 g/mol. The molecule has 0 bridgehead atoms. The molecule has 0 aliphatic heterocycles. The lowest BCUT2D eigenvalue weighted by atomic mass is 10.1. The smallest absolute Gasteiger partial charge is 0.192 e. The molecule has 25 heavy (non-hydrogen) atoms. The van der Waals surface area contributed by atoms with Gasteiger partial charge >= 0.3 is 0 Å². The van der Waals surface area contributed by atoms with Gasteiger partial charge in [0.1, 0.15) is 12.4 Å². The van der Waals surface area contributed by atoms with Gasteiger partial charge in [-0.25, -0.2) is 0 Å². The fourth-order valence-corrected chi connectivity index (χ4v) is 3.34. The van der Waals surface area contributed by atoms with Gasteiger partial charge in [0, 0.05) is 11.5 Å². The van der Waals surface area contributed by atoms with Crippen molar-refractivity contribution in [3.8, 4) is 5.75 Å². The van der Waals surface area contributed by atoms with Crippen molar-refractivity contribution in [1.82, 2.24) is 4.98 Å². The predicted molar refractivity (Wildman–Crippen MR) is 110 cm³/mol. The van der Waals surface area contributed by atoms with Gasteiger partial charge in [-0.05, 0) is 40.9 Å². The fourth-order valence-electron chi connectivity index (χ4n) is 2.07. The standard InChI is InChI=1S/C20H28BrNO2Si/c1-20(2,3)25(4,5)24-15-17-8-6-7-16(9-17)14-23-19-10-18(11-21)12-22-13-19/h6-10,12-13H,11,14-15H2,1-5H3. The van der Waals surface area contributed by atoms with Crippen molar-refractivity contribution in [3.63, 3.8) is 0 Å². The van der Waals surface area contributed by atoms with Gasteiger partial charge in [0.25, 0.3) is 0 Å². The van der Waals surface area contributed by atoms with E-state index in [1.165, 1.54) is 5.56 Å². The van der Waals surface area contributed by atoms with Crippen molar-refractivity contribution in [2.24, 2.45) is 0 Å². The van der Waals surface area contributed by atoms with Crippen LogP contribution in [-0.2, 0) is 23.0 Å². The van der Waals surface area contributed by atoms with E-state index in [0.29, 0.717) is 13.2 Å². The van der Waals surface area contributed by atoms with Crippen molar-refractivity contribution in [2.75, 3.05) is 0 Å². The van der Waals surface area contributed by atoms with Crippen LogP contribution in [0.4, 0.5) is 0 Å². The molecule has 0 saturated carbocycles. The topological polar surface area (TPSA) is 31.4 Å². The molecule has 0 spiro atoms. The van der Waals surface area contributed by atoms with Crippen LogP contribution in [0.5, 0.6) is 5.75 Å². The SMILES string of the molecule is CC(C)(C)[Si](C)(C)OCc1cccc(COc2cncc(CBr)c2)c1. The molecule has 0 N–H and O–H groups in total. The lowest BCUT2D eigenvalue weighted by Crippen LogP contribution is -2.40. The maximum Gasteiger partial charge on any atom is 0.192 e. The quantitative estimate of drug-likeness (QED) is 0.400. The summed E-state index contributed by atoms with van der Waals surface area (Å²) in [7, 11) is -1.73. The van der Waals surface area contributed by atoms with Gasteiger partial charge in [0.2, 0.25) is 0 Å². The number of hydrogen-bond donors (Lipinski definition) is 0. The average Bonchev–Trinajstić information content (AvgIpc) is 2.58. The van der Waals surface area contributed by atoms with Crippen LogP contribution in [0.15, 0.2) is 42.7 Å². The first-order valence-corrected chi connectivity index (χ1v) is 12.6. The van der Waals surface area contributed by atoms with Crippen LogP contribution in [0.2, 0.25) is 18.1 Å². The van der Waals surface area contributed by atoms with Gasteiger partial charge < -0.3 is 9.16 Å². The Hall–Kier alpha value is -1.17. The Balaban J connectivity index is 1.97. The number of rotatable bonds is 7. The molecule has 1 heterocycles. The molecule has 0 amide bonds. The van der Waals surface area contributed by atoms with E-state index in [2.05, 4.69) is 79.0 Å². The number of pyridine rings is 1. The van der Waals surface area contributed by atoms with E-state index in [1.807, 2.05) is 12.3 Å². The van der Waals surface area contributed by atoms with Crippen LogP contribution in [0.1, 0.15) is 37.5 Å². The average molecular weight is 422 g/mol. The maximum absolute atomic E-state index is 6.31. The van der Waals surface area contributed by atoms with E-state index in [-0.39, 0.29) is 5.04 Å². The molecule has 2 aromatic rings. The third kappa shape index (κ3) is 5.94. The third-order valence-corrected chi connectivity index (χ3v) is 9.85. The molecule has 0 fully saturated rings. The maximum atomic E-state index is 6.31. The molecule has 0 aliphatic rings. The van der Waals surface area contributed by atoms with Gasteiger partial charge in [-0.3, -0.25) is 4.98 Å². The monoisotopic (exact) mass is 421 g/mol. The Labute approximate surface area is 161 Å². The number of nitrogens with zero attached hydrogens (tertiary/aromatic N) is 1. The molecular formula is C20H28BrNO2Si. The number of aromatic nitrogens is 1. The molecule has 0 saturated heterocycles. The second kappa shape index (κ2) is 8.47. The van der Waals surface area contributed by atoms with Crippen LogP contribution < -0.4 is 4.74 Å². The molecule has 5 heteroatoms. The molecule has 0 atom stereocenters. The lowest BCUT2D eigenvalue weighted by molar-refractivity contribution is 0.275. The summed E-state index contributed by atoms with van der Waals surface area (Å²) in [6, 6.07) is 10.4. The largest absolute Gasteiger partial charge is 0.487 e. The summed E-state index contributed by atoms with van der Waals surface area (Å²) in [6.45, 7) is 12.5. The summed E-state index contributed by atoms with van der Waals surface area (Å²) in [5, 5.41) is 0.999. The van der Waals surface area contributed by atoms with E-state index >= 15 is 0 Å². The molecule has 2 rings (SSSR count). The zero-order valence-corrected chi connectivity index (χ0v) is 18.4. The zero-order chi connectivity index (χ0) is 18.5.